The molecule has 2 unspecified atom stereocenters. The van der Waals surface area contributed by atoms with Crippen LogP contribution in [0.25, 0.3) is 10.9 Å². The van der Waals surface area contributed by atoms with Gasteiger partial charge in [0.25, 0.3) is 11.5 Å². The van der Waals surface area contributed by atoms with Crippen LogP contribution in [0.1, 0.15) is 55.9 Å². The Balaban J connectivity index is 1.16. The molecule has 5 rings (SSSR count). The number of carbonyl (C=O) groups excluding carboxylic acids is 2. The van der Waals surface area contributed by atoms with Gasteiger partial charge in [-0.1, -0.05) is 18.2 Å². The average Bonchev–Trinajstić information content (AvgIpc) is 3.22. The summed E-state index contributed by atoms with van der Waals surface area (Å²) in [5.41, 5.74) is 0.723. The van der Waals surface area contributed by atoms with Crippen LogP contribution in [0.2, 0.25) is 0 Å². The maximum absolute atomic E-state index is 13.4. The maximum Gasteiger partial charge on any atom is 0.319 e. The van der Waals surface area contributed by atoms with Crippen molar-refractivity contribution in [3.8, 4) is 0 Å². The van der Waals surface area contributed by atoms with Crippen molar-refractivity contribution in [3.05, 3.63) is 46.2 Å². The molecule has 2 bridgehead atoms. The van der Waals surface area contributed by atoms with Gasteiger partial charge in [0, 0.05) is 90.6 Å². The highest BCUT2D eigenvalue weighted by molar-refractivity contribution is 7.88. The molecule has 1 aromatic carbocycles. The van der Waals surface area contributed by atoms with Gasteiger partial charge in [-0.2, -0.15) is 4.31 Å². The Labute approximate surface area is 267 Å². The molecule has 45 heavy (non-hydrogen) atoms. The number of para-hydroxylation sites is 1. The minimum atomic E-state index is -3.38. The van der Waals surface area contributed by atoms with Gasteiger partial charge >= 0.3 is 6.03 Å². The van der Waals surface area contributed by atoms with Crippen molar-refractivity contribution in [2.24, 2.45) is 0 Å². The molecule has 13 heteroatoms. The number of carbonyl (C=O) groups is 2. The number of hydrogen-bond donors (Lipinski definition) is 1. The summed E-state index contributed by atoms with van der Waals surface area (Å²) < 4.78 is 28.7. The van der Waals surface area contributed by atoms with Crippen LogP contribution in [0.5, 0.6) is 0 Å². The molecule has 248 valence electrons. The number of piperidine rings is 1. The number of urea groups is 1. The van der Waals surface area contributed by atoms with Crippen LogP contribution >= 0.6 is 0 Å². The summed E-state index contributed by atoms with van der Waals surface area (Å²) in [7, 11) is 0.118. The van der Waals surface area contributed by atoms with Gasteiger partial charge in [0.15, 0.2) is 0 Å². The Morgan fingerprint density at radius 2 is 1.60 bits per heavy atom. The summed E-state index contributed by atoms with van der Waals surface area (Å²) >= 11 is 0. The first-order valence-electron chi connectivity index (χ1n) is 16.2. The summed E-state index contributed by atoms with van der Waals surface area (Å²) in [5.74, 6) is -0.326. The summed E-state index contributed by atoms with van der Waals surface area (Å²) in [6.45, 7) is 8.75. The van der Waals surface area contributed by atoms with Crippen LogP contribution in [-0.2, 0) is 10.0 Å². The maximum atomic E-state index is 13.4. The molecule has 0 saturated carbocycles. The zero-order chi connectivity index (χ0) is 32.5. The lowest BCUT2D eigenvalue weighted by atomic mass is 9.97. The second-order valence-electron chi connectivity index (χ2n) is 13.3. The SMILES string of the molecule is CC(C)n1c(=O)c(C(=O)NC2CC3CCC(C2)N3CCN(CCN2CCN(C(=O)N(C)C)CC2)S(C)(=O)=O)cc2ccccc21. The van der Waals surface area contributed by atoms with Crippen molar-refractivity contribution in [2.75, 3.05) is 72.7 Å². The van der Waals surface area contributed by atoms with Crippen molar-refractivity contribution in [3.63, 3.8) is 0 Å². The fourth-order valence-corrected chi connectivity index (χ4v) is 8.18. The van der Waals surface area contributed by atoms with E-state index in [4.69, 9.17) is 0 Å². The van der Waals surface area contributed by atoms with Crippen molar-refractivity contribution >= 4 is 32.9 Å². The number of hydrogen-bond acceptors (Lipinski definition) is 7. The highest BCUT2D eigenvalue weighted by Gasteiger charge is 2.41. The van der Waals surface area contributed by atoms with Crippen LogP contribution in [0, 0.1) is 0 Å². The lowest BCUT2D eigenvalue weighted by Crippen LogP contribution is -2.54. The minimum absolute atomic E-state index is 0.00786. The monoisotopic (exact) mass is 643 g/mol. The minimum Gasteiger partial charge on any atom is -0.349 e. The fraction of sp³-hybridized carbons (Fsp3) is 0.656. The number of aromatic nitrogens is 1. The van der Waals surface area contributed by atoms with Gasteiger partial charge in [0.1, 0.15) is 5.56 Å². The van der Waals surface area contributed by atoms with E-state index >= 15 is 0 Å². The molecule has 0 radical (unpaired) electrons. The molecule has 1 aromatic heterocycles. The molecular formula is C32H49N7O5S. The second-order valence-corrected chi connectivity index (χ2v) is 15.3. The van der Waals surface area contributed by atoms with E-state index in [-0.39, 0.29) is 47.2 Å². The average molecular weight is 644 g/mol. The Morgan fingerprint density at radius 3 is 2.20 bits per heavy atom. The highest BCUT2D eigenvalue weighted by Crippen LogP contribution is 2.35. The standard InChI is InChI=1S/C32H49N7O5S/c1-23(2)39-29-9-7-6-8-24(29)20-28(31(39)41)30(40)33-25-21-26-10-11-27(22-25)38(26)19-18-37(45(5,43)44)17-14-35-12-15-36(16-13-35)32(42)34(3)4/h6-9,20,23,25-27H,10-19,21-22H2,1-5H3,(H,33,40). The molecule has 4 heterocycles. The summed E-state index contributed by atoms with van der Waals surface area (Å²) in [6.07, 6.45) is 4.87. The van der Waals surface area contributed by atoms with Crippen LogP contribution in [-0.4, -0.2) is 140 Å². The lowest BCUT2D eigenvalue weighted by Gasteiger charge is -2.40. The van der Waals surface area contributed by atoms with Gasteiger partial charge < -0.3 is 19.7 Å². The third-order valence-electron chi connectivity index (χ3n) is 9.69. The van der Waals surface area contributed by atoms with Crippen molar-refractivity contribution in [2.45, 2.75) is 63.7 Å². The number of piperazine rings is 1. The predicted molar refractivity (Wildman–Crippen MR) is 176 cm³/mol. The molecule has 3 aliphatic rings. The zero-order valence-electron chi connectivity index (χ0n) is 27.3. The van der Waals surface area contributed by atoms with E-state index < -0.39 is 10.0 Å². The van der Waals surface area contributed by atoms with E-state index in [1.54, 1.807) is 33.9 Å². The number of rotatable bonds is 10. The van der Waals surface area contributed by atoms with Crippen molar-refractivity contribution < 1.29 is 18.0 Å². The van der Waals surface area contributed by atoms with Gasteiger partial charge in [-0.3, -0.25) is 19.4 Å². The Morgan fingerprint density at radius 1 is 0.978 bits per heavy atom. The fourth-order valence-electron chi connectivity index (χ4n) is 7.35. The van der Waals surface area contributed by atoms with Gasteiger partial charge in [-0.15, -0.1) is 0 Å². The number of fused-ring (bicyclic) bond motifs is 3. The highest BCUT2D eigenvalue weighted by atomic mass is 32.2. The number of nitrogens with zero attached hydrogens (tertiary/aromatic N) is 6. The van der Waals surface area contributed by atoms with Crippen LogP contribution < -0.4 is 10.9 Å². The van der Waals surface area contributed by atoms with E-state index in [0.717, 1.165) is 49.7 Å². The number of benzene rings is 1. The Bertz CT molecular complexity index is 1540. The van der Waals surface area contributed by atoms with Crippen LogP contribution in [0.4, 0.5) is 4.79 Å². The third kappa shape index (κ3) is 7.53. The normalized spacial score (nSPS) is 22.8. The van der Waals surface area contributed by atoms with Crippen LogP contribution in [0.3, 0.4) is 0 Å². The Hall–Kier alpha value is -3.00. The molecule has 0 spiro atoms. The first-order chi connectivity index (χ1) is 21.3. The molecule has 12 nitrogen and oxygen atoms in total. The van der Waals surface area contributed by atoms with E-state index in [9.17, 15) is 22.8 Å². The van der Waals surface area contributed by atoms with E-state index in [2.05, 4.69) is 15.1 Å². The number of amides is 3. The molecule has 0 aliphatic carbocycles. The number of pyridine rings is 1. The molecule has 1 N–H and O–H groups in total. The van der Waals surface area contributed by atoms with E-state index in [0.29, 0.717) is 39.3 Å². The van der Waals surface area contributed by atoms with Gasteiger partial charge in [0.05, 0.1) is 11.8 Å². The van der Waals surface area contributed by atoms with Crippen molar-refractivity contribution in [1.82, 2.24) is 33.8 Å². The first-order valence-corrected chi connectivity index (χ1v) is 18.0. The zero-order valence-corrected chi connectivity index (χ0v) is 28.1. The quantitative estimate of drug-likeness (QED) is 0.420. The summed E-state index contributed by atoms with van der Waals surface area (Å²) in [4.78, 5) is 47.1. The topological polar surface area (TPSA) is 119 Å². The van der Waals surface area contributed by atoms with Crippen molar-refractivity contribution in [1.29, 1.82) is 0 Å². The second kappa shape index (κ2) is 13.8. The largest absolute Gasteiger partial charge is 0.349 e. The molecule has 3 fully saturated rings. The third-order valence-corrected chi connectivity index (χ3v) is 11.0. The van der Waals surface area contributed by atoms with Gasteiger partial charge in [-0.25, -0.2) is 13.2 Å². The Kier molecular flexibility index (Phi) is 10.2. The first kappa shape index (κ1) is 33.4. The number of sulfonamides is 1. The van der Waals surface area contributed by atoms with Crippen LogP contribution in [0.15, 0.2) is 35.1 Å². The summed E-state index contributed by atoms with van der Waals surface area (Å²) in [6, 6.07) is 9.78. The summed E-state index contributed by atoms with van der Waals surface area (Å²) in [5, 5.41) is 4.04. The van der Waals surface area contributed by atoms with Gasteiger partial charge in [-0.05, 0) is 57.0 Å². The molecule has 3 amide bonds. The van der Waals surface area contributed by atoms with E-state index in [1.807, 2.05) is 43.0 Å². The molecular weight excluding hydrogens is 594 g/mol. The number of nitrogens with one attached hydrogen (secondary N) is 1. The smallest absolute Gasteiger partial charge is 0.319 e. The molecule has 3 aliphatic heterocycles. The van der Waals surface area contributed by atoms with E-state index in [1.165, 1.54) is 6.26 Å². The van der Waals surface area contributed by atoms with Gasteiger partial charge in [0.2, 0.25) is 10.0 Å². The molecule has 2 aromatic rings. The molecule has 2 atom stereocenters. The molecule has 3 saturated heterocycles. The lowest BCUT2D eigenvalue weighted by molar-refractivity contribution is 0.0826. The predicted octanol–water partition coefficient (Wildman–Crippen LogP) is 1.87.